The lowest BCUT2D eigenvalue weighted by Crippen LogP contribution is -2.19. The van der Waals surface area contributed by atoms with E-state index in [0.29, 0.717) is 10.0 Å². The smallest absolute Gasteiger partial charge is 0.405 e. The van der Waals surface area contributed by atoms with Gasteiger partial charge in [0, 0.05) is 4.47 Å². The molecule has 0 aliphatic rings. The molecule has 0 aliphatic heterocycles. The van der Waals surface area contributed by atoms with Crippen LogP contribution in [0.25, 0.3) is 0 Å². The number of benzene rings is 1. The zero-order valence-electron chi connectivity index (χ0n) is 8.48. The highest BCUT2D eigenvalue weighted by molar-refractivity contribution is 9.10. The molecule has 1 aromatic rings. The minimum atomic E-state index is -4.81. The van der Waals surface area contributed by atoms with Crippen molar-refractivity contribution in [1.82, 2.24) is 0 Å². The van der Waals surface area contributed by atoms with Gasteiger partial charge in [0.25, 0.3) is 0 Å². The maximum absolute atomic E-state index is 12.1. The first-order chi connectivity index (χ1) is 7.20. The Kier molecular flexibility index (Phi) is 3.62. The van der Waals surface area contributed by atoms with Crippen molar-refractivity contribution in [2.24, 2.45) is 0 Å². The standard InChI is InChI=1S/C10H8BrF3O2/c1-5-3-7(11)9(6(2)15)8(4-5)16-10(12,13)14/h3-4H,1-2H3. The van der Waals surface area contributed by atoms with E-state index >= 15 is 0 Å². The Bertz CT molecular complexity index is 427. The molecule has 0 amide bonds. The lowest BCUT2D eigenvalue weighted by molar-refractivity contribution is -0.274. The molecule has 0 aliphatic carbocycles. The summed E-state index contributed by atoms with van der Waals surface area (Å²) in [4.78, 5) is 11.2. The third-order valence-corrected chi connectivity index (χ3v) is 2.40. The first-order valence-corrected chi connectivity index (χ1v) is 5.07. The monoisotopic (exact) mass is 296 g/mol. The minimum absolute atomic E-state index is 0.108. The lowest BCUT2D eigenvalue weighted by Gasteiger charge is -2.13. The van der Waals surface area contributed by atoms with E-state index in [1.54, 1.807) is 13.0 Å². The van der Waals surface area contributed by atoms with Crippen LogP contribution in [0.4, 0.5) is 13.2 Å². The first kappa shape index (κ1) is 13.0. The van der Waals surface area contributed by atoms with Crippen LogP contribution in [0.15, 0.2) is 16.6 Å². The predicted molar refractivity (Wildman–Crippen MR) is 55.6 cm³/mol. The number of rotatable bonds is 2. The Morgan fingerprint density at radius 3 is 2.38 bits per heavy atom. The van der Waals surface area contributed by atoms with E-state index in [-0.39, 0.29) is 5.56 Å². The topological polar surface area (TPSA) is 26.3 Å². The number of carbonyl (C=O) groups excluding carboxylic acids is 1. The van der Waals surface area contributed by atoms with Crippen molar-refractivity contribution in [3.8, 4) is 5.75 Å². The fourth-order valence-corrected chi connectivity index (χ4v) is 2.09. The zero-order chi connectivity index (χ0) is 12.5. The summed E-state index contributed by atoms with van der Waals surface area (Å²) in [5.74, 6) is -0.974. The van der Waals surface area contributed by atoms with Gasteiger partial charge >= 0.3 is 6.36 Å². The quantitative estimate of drug-likeness (QED) is 0.775. The van der Waals surface area contributed by atoms with Crippen LogP contribution in [0.1, 0.15) is 22.8 Å². The van der Waals surface area contributed by atoms with E-state index in [4.69, 9.17) is 0 Å². The summed E-state index contributed by atoms with van der Waals surface area (Å²) in [6, 6.07) is 2.73. The number of hydrogen-bond acceptors (Lipinski definition) is 2. The Balaban J connectivity index is 3.30. The van der Waals surface area contributed by atoms with Crippen LogP contribution in [0.5, 0.6) is 5.75 Å². The van der Waals surface area contributed by atoms with Crippen LogP contribution in [0.3, 0.4) is 0 Å². The van der Waals surface area contributed by atoms with Crippen LogP contribution in [-0.4, -0.2) is 12.1 Å². The van der Waals surface area contributed by atoms with Gasteiger partial charge in [-0.2, -0.15) is 0 Å². The summed E-state index contributed by atoms with van der Waals surface area (Å²) in [6.45, 7) is 2.79. The lowest BCUT2D eigenvalue weighted by atomic mass is 10.1. The first-order valence-electron chi connectivity index (χ1n) is 4.27. The molecule has 0 radical (unpaired) electrons. The molecule has 0 aromatic heterocycles. The van der Waals surface area contributed by atoms with Crippen molar-refractivity contribution in [2.75, 3.05) is 0 Å². The molecule has 0 N–H and O–H groups in total. The molecule has 0 fully saturated rings. The summed E-state index contributed by atoms with van der Waals surface area (Å²) < 4.78 is 40.4. The van der Waals surface area contributed by atoms with Gasteiger partial charge in [0.2, 0.25) is 0 Å². The average molecular weight is 297 g/mol. The van der Waals surface area contributed by atoms with Gasteiger partial charge in [0.15, 0.2) is 5.78 Å². The maximum Gasteiger partial charge on any atom is 0.573 e. The number of halogens is 4. The predicted octanol–water partition coefficient (Wildman–Crippen LogP) is 3.86. The van der Waals surface area contributed by atoms with E-state index in [1.807, 2.05) is 0 Å². The fourth-order valence-electron chi connectivity index (χ4n) is 1.26. The van der Waals surface area contributed by atoms with Crippen molar-refractivity contribution in [2.45, 2.75) is 20.2 Å². The van der Waals surface area contributed by atoms with Gasteiger partial charge in [-0.3, -0.25) is 4.79 Å². The summed E-state index contributed by atoms with van der Waals surface area (Å²) >= 11 is 3.04. The molecule has 6 heteroatoms. The molecular formula is C10H8BrF3O2. The van der Waals surface area contributed by atoms with Crippen molar-refractivity contribution in [3.63, 3.8) is 0 Å². The molecule has 0 bridgehead atoms. The van der Waals surface area contributed by atoms with E-state index in [9.17, 15) is 18.0 Å². The largest absolute Gasteiger partial charge is 0.573 e. The summed E-state index contributed by atoms with van der Waals surface area (Å²) in [6.07, 6.45) is -4.81. The molecule has 1 rings (SSSR count). The van der Waals surface area contributed by atoms with Crippen molar-refractivity contribution >= 4 is 21.7 Å². The Morgan fingerprint density at radius 1 is 1.38 bits per heavy atom. The van der Waals surface area contributed by atoms with E-state index in [1.165, 1.54) is 13.0 Å². The highest BCUT2D eigenvalue weighted by Gasteiger charge is 2.33. The second kappa shape index (κ2) is 4.45. The minimum Gasteiger partial charge on any atom is -0.405 e. The van der Waals surface area contributed by atoms with Gasteiger partial charge in [-0.05, 0) is 47.5 Å². The SMILES string of the molecule is CC(=O)c1c(Br)cc(C)cc1OC(F)(F)F. The molecule has 0 saturated heterocycles. The van der Waals surface area contributed by atoms with Crippen molar-refractivity contribution in [1.29, 1.82) is 0 Å². The number of Topliss-reactive ketones (excluding diaryl/α,β-unsaturated/α-hetero) is 1. The molecule has 16 heavy (non-hydrogen) atoms. The van der Waals surface area contributed by atoms with Crippen LogP contribution in [-0.2, 0) is 0 Å². The zero-order valence-corrected chi connectivity index (χ0v) is 10.1. The van der Waals surface area contributed by atoms with Crippen LogP contribution in [0, 0.1) is 6.92 Å². The fraction of sp³-hybridized carbons (Fsp3) is 0.300. The molecule has 0 atom stereocenters. The molecule has 0 spiro atoms. The highest BCUT2D eigenvalue weighted by Crippen LogP contribution is 2.33. The van der Waals surface area contributed by atoms with E-state index < -0.39 is 17.9 Å². The average Bonchev–Trinajstić information content (AvgIpc) is 1.96. The molecular weight excluding hydrogens is 289 g/mol. The number of carbonyl (C=O) groups is 1. The molecule has 0 unspecified atom stereocenters. The van der Waals surface area contributed by atoms with E-state index in [0.717, 1.165) is 0 Å². The van der Waals surface area contributed by atoms with Gasteiger partial charge in [0.05, 0.1) is 5.56 Å². The number of ether oxygens (including phenoxy) is 1. The Hall–Kier alpha value is -1.04. The van der Waals surface area contributed by atoms with Crippen LogP contribution in [0.2, 0.25) is 0 Å². The summed E-state index contributed by atoms with van der Waals surface area (Å²) in [7, 11) is 0. The normalized spacial score (nSPS) is 11.4. The van der Waals surface area contributed by atoms with Crippen molar-refractivity contribution in [3.05, 3.63) is 27.7 Å². The van der Waals surface area contributed by atoms with Crippen LogP contribution < -0.4 is 4.74 Å². The van der Waals surface area contributed by atoms with E-state index in [2.05, 4.69) is 20.7 Å². The third-order valence-electron chi connectivity index (χ3n) is 1.78. The number of ketones is 1. The van der Waals surface area contributed by atoms with Gasteiger partial charge < -0.3 is 4.74 Å². The Labute approximate surface area is 98.5 Å². The molecule has 0 saturated carbocycles. The molecule has 0 heterocycles. The second-order valence-electron chi connectivity index (χ2n) is 3.22. The number of hydrogen-bond donors (Lipinski definition) is 0. The summed E-state index contributed by atoms with van der Waals surface area (Å²) in [5, 5.41) is 0. The second-order valence-corrected chi connectivity index (χ2v) is 4.08. The van der Waals surface area contributed by atoms with Crippen molar-refractivity contribution < 1.29 is 22.7 Å². The maximum atomic E-state index is 12.1. The van der Waals surface area contributed by atoms with Gasteiger partial charge in [-0.15, -0.1) is 13.2 Å². The van der Waals surface area contributed by atoms with Crippen LogP contribution >= 0.6 is 15.9 Å². The number of aryl methyl sites for hydroxylation is 1. The Morgan fingerprint density at radius 2 is 1.94 bits per heavy atom. The third kappa shape index (κ3) is 3.23. The van der Waals surface area contributed by atoms with Gasteiger partial charge in [0.1, 0.15) is 5.75 Å². The molecule has 88 valence electrons. The number of alkyl halides is 3. The summed E-state index contributed by atoms with van der Waals surface area (Å²) in [5.41, 5.74) is 0.457. The van der Waals surface area contributed by atoms with Gasteiger partial charge in [-0.1, -0.05) is 0 Å². The molecule has 1 aromatic carbocycles. The molecule has 2 nitrogen and oxygen atoms in total. The highest BCUT2D eigenvalue weighted by atomic mass is 79.9. The van der Waals surface area contributed by atoms with Gasteiger partial charge in [-0.25, -0.2) is 0 Å².